The first-order chi connectivity index (χ1) is 21.7. The van der Waals surface area contributed by atoms with Crippen LogP contribution >= 0.6 is 0 Å². The third-order valence-electron chi connectivity index (χ3n) is 9.23. The van der Waals surface area contributed by atoms with Crippen LogP contribution in [0.5, 0.6) is 11.6 Å². The Morgan fingerprint density at radius 2 is 1.83 bits per heavy atom. The maximum atomic E-state index is 16.0. The number of allylic oxidation sites excluding steroid dienone is 1. The molecule has 2 amide bonds. The fourth-order valence-electron chi connectivity index (χ4n) is 6.57. The Kier molecular flexibility index (Phi) is 9.42. The summed E-state index contributed by atoms with van der Waals surface area (Å²) in [6, 6.07) is 2.20. The second-order valence-electron chi connectivity index (χ2n) is 13.6. The van der Waals surface area contributed by atoms with Gasteiger partial charge < -0.3 is 29.5 Å². The van der Waals surface area contributed by atoms with Gasteiger partial charge in [0.1, 0.15) is 30.0 Å². The van der Waals surface area contributed by atoms with Gasteiger partial charge in [-0.05, 0) is 42.7 Å². The van der Waals surface area contributed by atoms with Gasteiger partial charge in [-0.2, -0.15) is 8.78 Å². The zero-order valence-electron chi connectivity index (χ0n) is 26.8. The molecule has 2 aromatic rings. The van der Waals surface area contributed by atoms with Gasteiger partial charge in [-0.1, -0.05) is 46.3 Å². The average Bonchev–Trinajstić information content (AvgIpc) is 3.32. The number of aromatic nitrogens is 2. The Labute approximate surface area is 266 Å². The summed E-state index contributed by atoms with van der Waals surface area (Å²) in [5.41, 5.74) is -0.984. The summed E-state index contributed by atoms with van der Waals surface area (Å²) in [5, 5.41) is 12.9. The van der Waals surface area contributed by atoms with Gasteiger partial charge in [0.25, 0.3) is 5.92 Å². The van der Waals surface area contributed by atoms with Crippen LogP contribution in [0.25, 0.3) is 11.0 Å². The molecule has 1 fully saturated rings. The number of carboxylic acid groups (broad SMARTS) is 1. The van der Waals surface area contributed by atoms with Crippen LogP contribution < -0.4 is 14.8 Å². The van der Waals surface area contributed by atoms with Crippen molar-refractivity contribution in [3.05, 3.63) is 36.0 Å². The topological polar surface area (TPSA) is 140 Å². The molecule has 13 heteroatoms. The molecule has 0 spiro atoms. The molecule has 1 saturated heterocycles. The predicted molar refractivity (Wildman–Crippen MR) is 164 cm³/mol. The lowest BCUT2D eigenvalue weighted by atomic mass is 9.85. The summed E-state index contributed by atoms with van der Waals surface area (Å²) in [6.07, 6.45) is 3.36. The largest absolute Gasteiger partial charge is 0.497 e. The number of hydrogen-bond donors (Lipinski definition) is 2. The van der Waals surface area contributed by atoms with Crippen LogP contribution in [-0.4, -0.2) is 75.9 Å². The number of nitrogens with zero attached hydrogens (tertiary/aromatic N) is 3. The summed E-state index contributed by atoms with van der Waals surface area (Å²) in [4.78, 5) is 49.7. The van der Waals surface area contributed by atoms with E-state index in [-0.39, 0.29) is 29.9 Å². The molecule has 1 aromatic heterocycles. The van der Waals surface area contributed by atoms with Crippen LogP contribution in [0.2, 0.25) is 0 Å². The van der Waals surface area contributed by atoms with E-state index in [0.29, 0.717) is 31.4 Å². The van der Waals surface area contributed by atoms with E-state index >= 15 is 8.78 Å². The number of benzene rings is 1. The molecule has 6 unspecified atom stereocenters. The lowest BCUT2D eigenvalue weighted by molar-refractivity contribution is -0.151. The van der Waals surface area contributed by atoms with Crippen LogP contribution in [0.15, 0.2) is 30.4 Å². The molecular formula is C33H42F2N4O7. The summed E-state index contributed by atoms with van der Waals surface area (Å²) < 4.78 is 49.3. The summed E-state index contributed by atoms with van der Waals surface area (Å²) in [5.74, 6) is -6.24. The number of ether oxygens (including phenoxy) is 3. The van der Waals surface area contributed by atoms with Crippen molar-refractivity contribution in [3.63, 3.8) is 0 Å². The molecule has 1 aliphatic carbocycles. The van der Waals surface area contributed by atoms with Crippen LogP contribution in [0, 0.1) is 17.3 Å². The highest BCUT2D eigenvalue weighted by Gasteiger charge is 2.51. The van der Waals surface area contributed by atoms with Crippen LogP contribution in [0.4, 0.5) is 13.6 Å². The van der Waals surface area contributed by atoms with E-state index in [0.717, 1.165) is 4.90 Å². The van der Waals surface area contributed by atoms with E-state index in [1.807, 2.05) is 12.2 Å². The number of carbonyl (C=O) groups excluding carboxylic acids is 2. The van der Waals surface area contributed by atoms with Gasteiger partial charge in [0, 0.05) is 24.8 Å². The molecule has 46 heavy (non-hydrogen) atoms. The van der Waals surface area contributed by atoms with E-state index < -0.39 is 77.5 Å². The number of aliphatic carboxylic acids is 1. The average molecular weight is 645 g/mol. The third kappa shape index (κ3) is 6.87. The number of fused-ring (bicyclic) bond motifs is 5. The highest BCUT2D eigenvalue weighted by atomic mass is 19.3. The van der Waals surface area contributed by atoms with Crippen molar-refractivity contribution >= 4 is 29.0 Å². The van der Waals surface area contributed by atoms with Crippen molar-refractivity contribution in [2.75, 3.05) is 13.7 Å². The van der Waals surface area contributed by atoms with E-state index in [4.69, 9.17) is 14.2 Å². The number of carboxylic acids is 1. The van der Waals surface area contributed by atoms with E-state index in [2.05, 4.69) is 15.3 Å². The normalized spacial score (nSPS) is 29.0. The summed E-state index contributed by atoms with van der Waals surface area (Å²) >= 11 is 0. The SMILES string of the molecule is COc1ccc2nc3c(nc2c1)OC1CN(C(=O)C(C(C)(C)C)NC(=O)OC2CC=CCC2CCCCC3(F)F)C(C(=O)O)C1C. The van der Waals surface area contributed by atoms with E-state index in [9.17, 15) is 19.5 Å². The lowest BCUT2D eigenvalue weighted by Gasteiger charge is -2.35. The van der Waals surface area contributed by atoms with Gasteiger partial charge in [0.15, 0.2) is 5.69 Å². The van der Waals surface area contributed by atoms with Gasteiger partial charge in [0.05, 0.1) is 24.7 Å². The Morgan fingerprint density at radius 3 is 2.52 bits per heavy atom. The molecule has 3 heterocycles. The first-order valence-corrected chi connectivity index (χ1v) is 15.8. The number of alkyl carbamates (subject to hydrolysis) is 1. The Bertz CT molecular complexity index is 1510. The molecule has 6 atom stereocenters. The maximum absolute atomic E-state index is 16.0. The second-order valence-corrected chi connectivity index (χ2v) is 13.6. The Balaban J connectivity index is 1.59. The predicted octanol–water partition coefficient (Wildman–Crippen LogP) is 5.46. The third-order valence-corrected chi connectivity index (χ3v) is 9.23. The molecular weight excluding hydrogens is 602 g/mol. The van der Waals surface area contributed by atoms with Gasteiger partial charge >= 0.3 is 12.1 Å². The van der Waals surface area contributed by atoms with Crippen molar-refractivity contribution in [2.24, 2.45) is 17.3 Å². The van der Waals surface area contributed by atoms with Crippen molar-refractivity contribution in [1.82, 2.24) is 20.2 Å². The lowest BCUT2D eigenvalue weighted by Crippen LogP contribution is -2.57. The Hall–Kier alpha value is -4.03. The molecule has 2 aliphatic heterocycles. The number of halogens is 2. The Morgan fingerprint density at radius 1 is 1.09 bits per heavy atom. The molecule has 5 rings (SSSR count). The van der Waals surface area contributed by atoms with E-state index in [1.165, 1.54) is 7.11 Å². The molecule has 0 radical (unpaired) electrons. The van der Waals surface area contributed by atoms with Crippen molar-refractivity contribution in [1.29, 1.82) is 0 Å². The minimum absolute atomic E-state index is 0.0852. The molecule has 250 valence electrons. The zero-order valence-corrected chi connectivity index (χ0v) is 26.8. The first-order valence-electron chi connectivity index (χ1n) is 15.8. The number of amides is 2. The van der Waals surface area contributed by atoms with Gasteiger partial charge in [0.2, 0.25) is 11.8 Å². The number of alkyl halides is 2. The second kappa shape index (κ2) is 13.0. The quantitative estimate of drug-likeness (QED) is 0.408. The van der Waals surface area contributed by atoms with E-state index in [1.54, 1.807) is 45.9 Å². The number of nitrogens with one attached hydrogen (secondary N) is 1. The van der Waals surface area contributed by atoms with Gasteiger partial charge in [-0.3, -0.25) is 4.79 Å². The molecule has 1 aromatic carbocycles. The highest BCUT2D eigenvalue weighted by molar-refractivity contribution is 5.90. The molecule has 3 aliphatic rings. The number of rotatable bonds is 2. The molecule has 11 nitrogen and oxygen atoms in total. The first kappa shape index (κ1) is 33.3. The molecule has 0 saturated carbocycles. The smallest absolute Gasteiger partial charge is 0.408 e. The highest BCUT2D eigenvalue weighted by Crippen LogP contribution is 2.41. The maximum Gasteiger partial charge on any atom is 0.408 e. The van der Waals surface area contributed by atoms with Crippen LogP contribution in [0.1, 0.15) is 71.9 Å². The van der Waals surface area contributed by atoms with Crippen molar-refractivity contribution < 1.29 is 42.5 Å². The van der Waals surface area contributed by atoms with Crippen LogP contribution in [-0.2, 0) is 20.2 Å². The number of methoxy groups -OCH3 is 1. The summed E-state index contributed by atoms with van der Waals surface area (Å²) in [7, 11) is 1.47. The van der Waals surface area contributed by atoms with Gasteiger partial charge in [-0.15, -0.1) is 0 Å². The molecule has 2 N–H and O–H groups in total. The minimum Gasteiger partial charge on any atom is -0.497 e. The van der Waals surface area contributed by atoms with Crippen molar-refractivity contribution in [2.45, 2.75) is 96.4 Å². The number of carbonyl (C=O) groups is 3. The van der Waals surface area contributed by atoms with Gasteiger partial charge in [-0.25, -0.2) is 19.6 Å². The van der Waals surface area contributed by atoms with Crippen LogP contribution in [0.3, 0.4) is 0 Å². The van der Waals surface area contributed by atoms with Crippen molar-refractivity contribution in [3.8, 4) is 11.6 Å². The minimum atomic E-state index is -3.43. The standard InChI is InChI=1S/C33H42F2N4O7/c1-18-24-17-39(25(18)30(41)42)29(40)27(32(2,3)4)38-31(43)46-23-12-7-6-10-19(23)11-8-9-15-33(34,35)26-28(45-24)37-22-16-20(44-5)13-14-21(22)36-26/h6-7,13-14,16,18-19,23-25,27H,8-12,15,17H2,1-5H3,(H,38,43)(H,41,42). The number of hydrogen-bond acceptors (Lipinski definition) is 8. The summed E-state index contributed by atoms with van der Waals surface area (Å²) in [6.45, 7) is 6.61. The monoisotopic (exact) mass is 644 g/mol. The zero-order chi connectivity index (χ0) is 33.4. The molecule has 2 bridgehead atoms. The fourth-order valence-corrected chi connectivity index (χ4v) is 6.57. The fraction of sp³-hybridized carbons (Fsp3) is 0.606.